The number of ether oxygens (including phenoxy) is 2. The van der Waals surface area contributed by atoms with E-state index in [1.807, 2.05) is 62.4 Å². The van der Waals surface area contributed by atoms with Crippen LogP contribution in [-0.2, 0) is 22.6 Å². The van der Waals surface area contributed by atoms with Crippen LogP contribution in [0.5, 0.6) is 11.5 Å². The van der Waals surface area contributed by atoms with Gasteiger partial charge in [0, 0.05) is 13.1 Å². The molecule has 0 aliphatic rings. The van der Waals surface area contributed by atoms with Gasteiger partial charge in [0.05, 0.1) is 20.6 Å². The van der Waals surface area contributed by atoms with E-state index in [9.17, 15) is 9.59 Å². The van der Waals surface area contributed by atoms with Crippen LogP contribution in [0.4, 0.5) is 0 Å². The van der Waals surface area contributed by atoms with Gasteiger partial charge in [-0.25, -0.2) is 0 Å². The normalized spacial score (nSPS) is 11.5. The maximum absolute atomic E-state index is 13.3. The molecule has 1 N–H and O–H groups in total. The van der Waals surface area contributed by atoms with Gasteiger partial charge in [0.1, 0.15) is 17.5 Å². The van der Waals surface area contributed by atoms with Crippen LogP contribution in [0.25, 0.3) is 0 Å². The van der Waals surface area contributed by atoms with Crippen molar-refractivity contribution in [2.45, 2.75) is 45.7 Å². The molecule has 30 heavy (non-hydrogen) atoms. The van der Waals surface area contributed by atoms with E-state index in [0.29, 0.717) is 19.5 Å². The Kier molecular flexibility index (Phi) is 9.19. The summed E-state index contributed by atoms with van der Waals surface area (Å²) < 4.78 is 10.5. The minimum Gasteiger partial charge on any atom is -0.497 e. The Labute approximate surface area is 179 Å². The number of amides is 2. The fourth-order valence-corrected chi connectivity index (χ4v) is 3.27. The summed E-state index contributed by atoms with van der Waals surface area (Å²) in [5, 5.41) is 2.93. The molecule has 2 aromatic rings. The summed E-state index contributed by atoms with van der Waals surface area (Å²) in [7, 11) is 3.22. The molecule has 2 rings (SSSR count). The van der Waals surface area contributed by atoms with Crippen molar-refractivity contribution in [1.82, 2.24) is 10.2 Å². The van der Waals surface area contributed by atoms with Crippen LogP contribution in [0.1, 0.15) is 37.8 Å². The van der Waals surface area contributed by atoms with Gasteiger partial charge in [-0.15, -0.1) is 0 Å². The Morgan fingerprint density at radius 1 is 0.967 bits per heavy atom. The van der Waals surface area contributed by atoms with E-state index in [2.05, 4.69) is 5.32 Å². The first-order valence-corrected chi connectivity index (χ1v) is 10.3. The quantitative estimate of drug-likeness (QED) is 0.613. The zero-order valence-corrected chi connectivity index (χ0v) is 18.3. The minimum atomic E-state index is -0.534. The lowest BCUT2D eigenvalue weighted by molar-refractivity contribution is -0.140. The summed E-state index contributed by atoms with van der Waals surface area (Å²) in [6, 6.07) is 14.5. The molecule has 0 fully saturated rings. The molecule has 0 radical (unpaired) electrons. The number of nitrogens with zero attached hydrogens (tertiary/aromatic N) is 1. The molecule has 0 aliphatic heterocycles. The van der Waals surface area contributed by atoms with E-state index in [-0.39, 0.29) is 18.2 Å². The number of methoxy groups -OCH3 is 2. The summed E-state index contributed by atoms with van der Waals surface area (Å²) in [4.78, 5) is 27.7. The van der Waals surface area contributed by atoms with Crippen LogP contribution in [0, 0.1) is 0 Å². The number of carbonyl (C=O) groups excluding carboxylic acids is 2. The average Bonchev–Trinajstić information content (AvgIpc) is 2.78. The van der Waals surface area contributed by atoms with Gasteiger partial charge in [0.25, 0.3) is 0 Å². The molecule has 0 heterocycles. The van der Waals surface area contributed by atoms with Crippen molar-refractivity contribution < 1.29 is 19.1 Å². The monoisotopic (exact) mass is 412 g/mol. The first-order chi connectivity index (χ1) is 14.5. The molecule has 0 saturated carbocycles. The summed E-state index contributed by atoms with van der Waals surface area (Å²) in [6.45, 7) is 4.86. The van der Waals surface area contributed by atoms with Gasteiger partial charge in [-0.2, -0.15) is 0 Å². The van der Waals surface area contributed by atoms with Crippen molar-refractivity contribution in [3.8, 4) is 11.5 Å². The van der Waals surface area contributed by atoms with Gasteiger partial charge in [-0.05, 0) is 48.2 Å². The molecule has 1 atom stereocenters. The molecule has 162 valence electrons. The van der Waals surface area contributed by atoms with Gasteiger partial charge >= 0.3 is 0 Å². The first-order valence-electron chi connectivity index (χ1n) is 10.3. The molecule has 2 aromatic carbocycles. The minimum absolute atomic E-state index is 0.0958. The molecule has 0 aromatic heterocycles. The Bertz CT molecular complexity index is 820. The SMILES string of the molecule is CCCNC(=O)C(CC)N(Cc1cccc(OC)c1)C(=O)Cc1ccc(OC)cc1. The van der Waals surface area contributed by atoms with Crippen molar-refractivity contribution in [1.29, 1.82) is 0 Å². The molecule has 6 heteroatoms. The molecule has 6 nitrogen and oxygen atoms in total. The van der Waals surface area contributed by atoms with Gasteiger partial charge < -0.3 is 19.7 Å². The Morgan fingerprint density at radius 3 is 2.27 bits per heavy atom. The summed E-state index contributed by atoms with van der Waals surface area (Å²) in [6.07, 6.45) is 1.59. The van der Waals surface area contributed by atoms with Crippen molar-refractivity contribution >= 4 is 11.8 Å². The lowest BCUT2D eigenvalue weighted by Crippen LogP contribution is -2.49. The lowest BCUT2D eigenvalue weighted by atomic mass is 10.1. The molecular weight excluding hydrogens is 380 g/mol. The Balaban J connectivity index is 2.27. The highest BCUT2D eigenvalue weighted by molar-refractivity contribution is 5.88. The smallest absolute Gasteiger partial charge is 0.242 e. The zero-order valence-electron chi connectivity index (χ0n) is 18.3. The summed E-state index contributed by atoms with van der Waals surface area (Å²) >= 11 is 0. The lowest BCUT2D eigenvalue weighted by Gasteiger charge is -2.31. The number of hydrogen-bond donors (Lipinski definition) is 1. The highest BCUT2D eigenvalue weighted by atomic mass is 16.5. The Morgan fingerprint density at radius 2 is 1.67 bits per heavy atom. The fourth-order valence-electron chi connectivity index (χ4n) is 3.27. The molecule has 1 unspecified atom stereocenters. The van der Waals surface area contributed by atoms with Crippen molar-refractivity contribution in [3.63, 3.8) is 0 Å². The molecule has 0 bridgehead atoms. The van der Waals surface area contributed by atoms with Crippen molar-refractivity contribution in [2.24, 2.45) is 0 Å². The molecule has 0 aliphatic carbocycles. The largest absolute Gasteiger partial charge is 0.497 e. The van der Waals surface area contributed by atoms with E-state index >= 15 is 0 Å². The van der Waals surface area contributed by atoms with E-state index in [1.165, 1.54) is 0 Å². The maximum Gasteiger partial charge on any atom is 0.242 e. The number of nitrogens with one attached hydrogen (secondary N) is 1. The predicted octanol–water partition coefficient (Wildman–Crippen LogP) is 3.58. The average molecular weight is 413 g/mol. The van der Waals surface area contributed by atoms with Crippen molar-refractivity contribution in [2.75, 3.05) is 20.8 Å². The van der Waals surface area contributed by atoms with Crippen LogP contribution in [0.15, 0.2) is 48.5 Å². The second-order valence-electron chi connectivity index (χ2n) is 7.11. The zero-order chi connectivity index (χ0) is 21.9. The van der Waals surface area contributed by atoms with Gasteiger partial charge in [-0.1, -0.05) is 38.1 Å². The predicted molar refractivity (Wildman–Crippen MR) is 118 cm³/mol. The van der Waals surface area contributed by atoms with Crippen LogP contribution in [0.3, 0.4) is 0 Å². The Hall–Kier alpha value is -3.02. The second-order valence-corrected chi connectivity index (χ2v) is 7.11. The van der Waals surface area contributed by atoms with Crippen molar-refractivity contribution in [3.05, 3.63) is 59.7 Å². The first kappa shape index (κ1) is 23.3. The number of carbonyl (C=O) groups is 2. The van der Waals surface area contributed by atoms with Crippen LogP contribution >= 0.6 is 0 Å². The summed E-state index contributed by atoms with van der Waals surface area (Å²) in [5.74, 6) is 1.25. The maximum atomic E-state index is 13.3. The fraction of sp³-hybridized carbons (Fsp3) is 0.417. The van der Waals surface area contributed by atoms with E-state index in [0.717, 1.165) is 29.0 Å². The second kappa shape index (κ2) is 11.9. The van der Waals surface area contributed by atoms with E-state index < -0.39 is 6.04 Å². The third kappa shape index (κ3) is 6.51. The third-order valence-electron chi connectivity index (χ3n) is 4.94. The van der Waals surface area contributed by atoms with Crippen LogP contribution in [-0.4, -0.2) is 43.5 Å². The molecule has 0 spiro atoms. The van der Waals surface area contributed by atoms with Crippen LogP contribution < -0.4 is 14.8 Å². The molecular formula is C24H32N2O4. The number of rotatable bonds is 11. The number of benzene rings is 2. The molecule has 2 amide bonds. The highest BCUT2D eigenvalue weighted by Crippen LogP contribution is 2.19. The molecule has 0 saturated heterocycles. The van der Waals surface area contributed by atoms with E-state index in [1.54, 1.807) is 19.1 Å². The topological polar surface area (TPSA) is 67.9 Å². The van der Waals surface area contributed by atoms with Gasteiger partial charge in [0.15, 0.2) is 0 Å². The highest BCUT2D eigenvalue weighted by Gasteiger charge is 2.28. The number of hydrogen-bond acceptors (Lipinski definition) is 4. The van der Waals surface area contributed by atoms with E-state index in [4.69, 9.17) is 9.47 Å². The third-order valence-corrected chi connectivity index (χ3v) is 4.94. The standard InChI is InChI=1S/C24H32N2O4/c1-5-14-25-24(28)22(6-2)26(17-19-8-7-9-21(15-19)30-4)23(27)16-18-10-12-20(29-3)13-11-18/h7-13,15,22H,5-6,14,16-17H2,1-4H3,(H,25,28). The van der Waals surface area contributed by atoms with Gasteiger partial charge in [-0.3, -0.25) is 9.59 Å². The van der Waals surface area contributed by atoms with Crippen LogP contribution in [0.2, 0.25) is 0 Å². The summed E-state index contributed by atoms with van der Waals surface area (Å²) in [5.41, 5.74) is 1.79. The van der Waals surface area contributed by atoms with Gasteiger partial charge in [0.2, 0.25) is 11.8 Å².